The van der Waals surface area contributed by atoms with Crippen molar-refractivity contribution in [1.82, 2.24) is 10.2 Å². The van der Waals surface area contributed by atoms with Crippen molar-refractivity contribution in [2.45, 2.75) is 25.8 Å². The fourth-order valence-corrected chi connectivity index (χ4v) is 2.81. The molecule has 20 heavy (non-hydrogen) atoms. The van der Waals surface area contributed by atoms with Crippen LogP contribution in [0.1, 0.15) is 30.1 Å². The topological polar surface area (TPSA) is 32.3 Å². The summed E-state index contributed by atoms with van der Waals surface area (Å²) in [6.45, 7) is 4.86. The summed E-state index contributed by atoms with van der Waals surface area (Å²) in [4.78, 5) is 14.3. The summed E-state index contributed by atoms with van der Waals surface area (Å²) < 4.78 is 27.7. The van der Waals surface area contributed by atoms with Gasteiger partial charge >= 0.3 is 0 Å². The highest BCUT2D eigenvalue weighted by atomic mass is 79.9. The Morgan fingerprint density at radius 2 is 1.90 bits per heavy atom. The first-order valence-electron chi connectivity index (χ1n) is 6.69. The smallest absolute Gasteiger partial charge is 0.257 e. The number of hydrogen-bond donors (Lipinski definition) is 1. The minimum absolute atomic E-state index is 0.0206. The number of nitrogens with zero attached hydrogens (tertiary/aromatic N) is 1. The number of carbonyl (C=O) groups excluding carboxylic acids is 1. The zero-order valence-corrected chi connectivity index (χ0v) is 12.8. The first kappa shape index (κ1) is 15.4. The van der Waals surface area contributed by atoms with Crippen molar-refractivity contribution in [3.63, 3.8) is 0 Å². The lowest BCUT2D eigenvalue weighted by Crippen LogP contribution is -2.44. The standard InChI is InChI=1S/C14H17BrF2N2O/c1-2-19-5-3-10(4-6-19)18-14(20)13-11(16)7-9(15)8-12(13)17/h7-8,10H,2-6H2,1H3,(H,18,20). The Hall–Kier alpha value is -1.01. The normalized spacial score (nSPS) is 17.2. The van der Waals surface area contributed by atoms with E-state index in [0.717, 1.165) is 44.6 Å². The number of benzene rings is 1. The molecule has 1 aliphatic rings. The van der Waals surface area contributed by atoms with E-state index in [0.29, 0.717) is 0 Å². The third-order valence-electron chi connectivity index (χ3n) is 3.60. The number of halogens is 3. The lowest BCUT2D eigenvalue weighted by Gasteiger charge is -2.31. The van der Waals surface area contributed by atoms with Crippen LogP contribution in [0.3, 0.4) is 0 Å². The summed E-state index contributed by atoms with van der Waals surface area (Å²) >= 11 is 2.99. The van der Waals surface area contributed by atoms with Gasteiger partial charge in [0.15, 0.2) is 0 Å². The fraction of sp³-hybridized carbons (Fsp3) is 0.500. The van der Waals surface area contributed by atoms with Gasteiger partial charge in [-0.05, 0) is 31.5 Å². The molecule has 0 aliphatic carbocycles. The Bertz CT molecular complexity index is 479. The van der Waals surface area contributed by atoms with Crippen LogP contribution in [0.5, 0.6) is 0 Å². The van der Waals surface area contributed by atoms with Crippen molar-refractivity contribution in [2.75, 3.05) is 19.6 Å². The third-order valence-corrected chi connectivity index (χ3v) is 4.06. The van der Waals surface area contributed by atoms with Crippen molar-refractivity contribution in [3.8, 4) is 0 Å². The Morgan fingerprint density at radius 1 is 1.35 bits per heavy atom. The van der Waals surface area contributed by atoms with Gasteiger partial charge in [-0.3, -0.25) is 4.79 Å². The second-order valence-corrected chi connectivity index (χ2v) is 5.84. The molecule has 1 heterocycles. The predicted molar refractivity (Wildman–Crippen MR) is 76.7 cm³/mol. The molecule has 110 valence electrons. The number of piperidine rings is 1. The third kappa shape index (κ3) is 3.55. The van der Waals surface area contributed by atoms with Gasteiger partial charge in [-0.2, -0.15) is 0 Å². The van der Waals surface area contributed by atoms with Gasteiger partial charge in [0.05, 0.1) is 0 Å². The van der Waals surface area contributed by atoms with Crippen LogP contribution >= 0.6 is 15.9 Å². The molecule has 2 rings (SSSR count). The molecule has 0 saturated carbocycles. The quantitative estimate of drug-likeness (QED) is 0.912. The zero-order valence-electron chi connectivity index (χ0n) is 11.3. The lowest BCUT2D eigenvalue weighted by atomic mass is 10.0. The average Bonchev–Trinajstić information content (AvgIpc) is 2.38. The number of amides is 1. The van der Waals surface area contributed by atoms with Crippen LogP contribution in [0.15, 0.2) is 16.6 Å². The van der Waals surface area contributed by atoms with Gasteiger partial charge in [0.25, 0.3) is 5.91 Å². The summed E-state index contributed by atoms with van der Waals surface area (Å²) in [6, 6.07) is 2.17. The molecule has 1 aliphatic heterocycles. The number of likely N-dealkylation sites (tertiary alicyclic amines) is 1. The van der Waals surface area contributed by atoms with E-state index in [1.807, 2.05) is 0 Å². The SMILES string of the molecule is CCN1CCC(NC(=O)c2c(F)cc(Br)cc2F)CC1. The zero-order chi connectivity index (χ0) is 14.7. The van der Waals surface area contributed by atoms with E-state index in [2.05, 4.69) is 33.1 Å². The molecule has 1 saturated heterocycles. The summed E-state index contributed by atoms with van der Waals surface area (Å²) in [7, 11) is 0. The van der Waals surface area contributed by atoms with Gasteiger partial charge in [-0.1, -0.05) is 22.9 Å². The predicted octanol–water partition coefficient (Wildman–Crippen LogP) is 2.94. The van der Waals surface area contributed by atoms with E-state index >= 15 is 0 Å². The molecule has 0 spiro atoms. The lowest BCUT2D eigenvalue weighted by molar-refractivity contribution is 0.0904. The van der Waals surface area contributed by atoms with E-state index in [9.17, 15) is 13.6 Å². The van der Waals surface area contributed by atoms with Crippen LogP contribution in [0.4, 0.5) is 8.78 Å². The van der Waals surface area contributed by atoms with E-state index in [1.54, 1.807) is 0 Å². The Morgan fingerprint density at radius 3 is 2.40 bits per heavy atom. The Balaban J connectivity index is 2.03. The molecule has 0 unspecified atom stereocenters. The second kappa shape index (κ2) is 6.63. The van der Waals surface area contributed by atoms with E-state index < -0.39 is 23.1 Å². The molecule has 1 aromatic carbocycles. The van der Waals surface area contributed by atoms with Crippen molar-refractivity contribution < 1.29 is 13.6 Å². The van der Waals surface area contributed by atoms with Crippen LogP contribution < -0.4 is 5.32 Å². The maximum absolute atomic E-state index is 13.7. The van der Waals surface area contributed by atoms with Crippen LogP contribution in [0.2, 0.25) is 0 Å². The molecular weight excluding hydrogens is 330 g/mol. The number of nitrogens with one attached hydrogen (secondary N) is 1. The second-order valence-electron chi connectivity index (χ2n) is 4.93. The molecule has 3 nitrogen and oxygen atoms in total. The Kier molecular flexibility index (Phi) is 5.10. The van der Waals surface area contributed by atoms with E-state index in [4.69, 9.17) is 0 Å². The molecule has 1 fully saturated rings. The summed E-state index contributed by atoms with van der Waals surface area (Å²) in [5.41, 5.74) is -0.508. The van der Waals surface area contributed by atoms with Gasteiger partial charge in [0, 0.05) is 23.6 Å². The summed E-state index contributed by atoms with van der Waals surface area (Å²) in [5.74, 6) is -2.37. The van der Waals surface area contributed by atoms with Gasteiger partial charge < -0.3 is 10.2 Å². The van der Waals surface area contributed by atoms with Crippen molar-refractivity contribution >= 4 is 21.8 Å². The van der Waals surface area contributed by atoms with Crippen molar-refractivity contribution in [2.24, 2.45) is 0 Å². The van der Waals surface area contributed by atoms with Crippen LogP contribution in [-0.2, 0) is 0 Å². The summed E-state index contributed by atoms with van der Waals surface area (Å²) in [6.07, 6.45) is 1.61. The minimum Gasteiger partial charge on any atom is -0.349 e. The first-order valence-corrected chi connectivity index (χ1v) is 7.48. The largest absolute Gasteiger partial charge is 0.349 e. The van der Waals surface area contributed by atoms with Crippen molar-refractivity contribution in [1.29, 1.82) is 0 Å². The maximum atomic E-state index is 13.7. The molecule has 1 amide bonds. The number of carbonyl (C=O) groups is 1. The molecule has 0 aromatic heterocycles. The maximum Gasteiger partial charge on any atom is 0.257 e. The van der Waals surface area contributed by atoms with Gasteiger partial charge in [0.2, 0.25) is 0 Å². The van der Waals surface area contributed by atoms with Crippen LogP contribution in [0.25, 0.3) is 0 Å². The van der Waals surface area contributed by atoms with Crippen molar-refractivity contribution in [3.05, 3.63) is 33.8 Å². The molecule has 6 heteroatoms. The average molecular weight is 347 g/mol. The summed E-state index contributed by atoms with van der Waals surface area (Å²) in [5, 5.41) is 2.72. The van der Waals surface area contributed by atoms with E-state index in [1.165, 1.54) is 0 Å². The van der Waals surface area contributed by atoms with Gasteiger partial charge in [-0.25, -0.2) is 8.78 Å². The van der Waals surface area contributed by atoms with E-state index in [-0.39, 0.29) is 10.5 Å². The highest BCUT2D eigenvalue weighted by molar-refractivity contribution is 9.10. The Labute approximate surface area is 125 Å². The minimum atomic E-state index is -0.847. The molecule has 1 N–H and O–H groups in total. The van der Waals surface area contributed by atoms with Crippen LogP contribution in [0, 0.1) is 11.6 Å². The molecular formula is C14H17BrF2N2O. The molecule has 0 radical (unpaired) electrons. The molecule has 1 aromatic rings. The first-order chi connectivity index (χ1) is 9.51. The monoisotopic (exact) mass is 346 g/mol. The fourth-order valence-electron chi connectivity index (χ4n) is 2.41. The molecule has 0 bridgehead atoms. The van der Waals surface area contributed by atoms with Crippen LogP contribution in [-0.4, -0.2) is 36.5 Å². The number of rotatable bonds is 3. The highest BCUT2D eigenvalue weighted by Gasteiger charge is 2.23. The van der Waals surface area contributed by atoms with Gasteiger partial charge in [0.1, 0.15) is 17.2 Å². The number of hydrogen-bond acceptors (Lipinski definition) is 2. The molecule has 0 atom stereocenters. The highest BCUT2D eigenvalue weighted by Crippen LogP contribution is 2.20. The van der Waals surface area contributed by atoms with Gasteiger partial charge in [-0.15, -0.1) is 0 Å².